The van der Waals surface area contributed by atoms with Crippen LogP contribution in [-0.2, 0) is 21.0 Å². The standard InChI is InChI=1S/C28H23F3N2O4S/c1-20-7-17-26(18-8-20)38(35,36)33(19-27(34)32-22-11-9-21(10-12-22)28(29,30)31)23-13-15-25(16-14-23)37-24-5-3-2-4-6-24/h2-18H,19H2,1H3,(H,32,34). The lowest BCUT2D eigenvalue weighted by Gasteiger charge is -2.24. The second-order valence-corrected chi connectivity index (χ2v) is 10.2. The summed E-state index contributed by atoms with van der Waals surface area (Å²) in [5.74, 6) is 0.326. The first kappa shape index (κ1) is 26.7. The number of carbonyl (C=O) groups excluding carboxylic acids is 1. The molecule has 0 aliphatic carbocycles. The van der Waals surface area contributed by atoms with E-state index in [4.69, 9.17) is 4.74 Å². The number of rotatable bonds is 8. The average molecular weight is 541 g/mol. The van der Waals surface area contributed by atoms with Crippen LogP contribution in [0.2, 0.25) is 0 Å². The zero-order valence-corrected chi connectivity index (χ0v) is 21.0. The lowest BCUT2D eigenvalue weighted by Crippen LogP contribution is -2.38. The van der Waals surface area contributed by atoms with Gasteiger partial charge in [0.05, 0.1) is 16.1 Å². The fraction of sp³-hybridized carbons (Fsp3) is 0.107. The maximum atomic E-state index is 13.6. The second kappa shape index (κ2) is 11.0. The van der Waals surface area contributed by atoms with E-state index in [2.05, 4.69) is 5.32 Å². The quantitative estimate of drug-likeness (QED) is 0.272. The van der Waals surface area contributed by atoms with Crippen LogP contribution in [0.4, 0.5) is 24.5 Å². The Morgan fingerprint density at radius 1 is 0.816 bits per heavy atom. The van der Waals surface area contributed by atoms with Crippen molar-refractivity contribution in [1.82, 2.24) is 0 Å². The normalized spacial score (nSPS) is 11.6. The molecule has 0 heterocycles. The van der Waals surface area contributed by atoms with Gasteiger partial charge in [0.1, 0.15) is 18.0 Å². The highest BCUT2D eigenvalue weighted by Gasteiger charge is 2.30. The number of alkyl halides is 3. The smallest absolute Gasteiger partial charge is 0.416 e. The molecule has 6 nitrogen and oxygen atoms in total. The molecule has 4 rings (SSSR count). The fourth-order valence-corrected chi connectivity index (χ4v) is 4.95. The number of benzene rings is 4. The molecule has 0 aromatic heterocycles. The highest BCUT2D eigenvalue weighted by Crippen LogP contribution is 2.31. The van der Waals surface area contributed by atoms with Gasteiger partial charge >= 0.3 is 6.18 Å². The number of carbonyl (C=O) groups is 1. The van der Waals surface area contributed by atoms with Crippen molar-refractivity contribution >= 4 is 27.3 Å². The van der Waals surface area contributed by atoms with E-state index in [9.17, 15) is 26.4 Å². The van der Waals surface area contributed by atoms with Crippen LogP contribution in [0.5, 0.6) is 11.5 Å². The van der Waals surface area contributed by atoms with Crippen molar-refractivity contribution in [2.24, 2.45) is 0 Å². The number of sulfonamides is 1. The third kappa shape index (κ3) is 6.51. The monoisotopic (exact) mass is 540 g/mol. The van der Waals surface area contributed by atoms with Gasteiger partial charge in [-0.25, -0.2) is 8.42 Å². The van der Waals surface area contributed by atoms with Crippen molar-refractivity contribution in [2.75, 3.05) is 16.2 Å². The van der Waals surface area contributed by atoms with Crippen LogP contribution in [0.1, 0.15) is 11.1 Å². The highest BCUT2D eigenvalue weighted by molar-refractivity contribution is 7.92. The van der Waals surface area contributed by atoms with Crippen molar-refractivity contribution in [3.63, 3.8) is 0 Å². The lowest BCUT2D eigenvalue weighted by molar-refractivity contribution is -0.137. The zero-order valence-electron chi connectivity index (χ0n) is 20.1. The molecule has 0 aliphatic rings. The van der Waals surface area contributed by atoms with Crippen LogP contribution in [0, 0.1) is 6.92 Å². The molecule has 0 saturated heterocycles. The topological polar surface area (TPSA) is 75.7 Å². The molecule has 0 radical (unpaired) electrons. The number of para-hydroxylation sites is 1. The first-order valence-corrected chi connectivity index (χ1v) is 12.9. The van der Waals surface area contributed by atoms with Gasteiger partial charge < -0.3 is 10.1 Å². The van der Waals surface area contributed by atoms with Crippen molar-refractivity contribution in [2.45, 2.75) is 18.0 Å². The van der Waals surface area contributed by atoms with Crippen molar-refractivity contribution in [3.8, 4) is 11.5 Å². The number of nitrogens with zero attached hydrogens (tertiary/aromatic N) is 1. The molecule has 0 aliphatic heterocycles. The van der Waals surface area contributed by atoms with Gasteiger partial charge in [-0.05, 0) is 79.7 Å². The minimum atomic E-state index is -4.52. The average Bonchev–Trinajstić information content (AvgIpc) is 2.88. The van der Waals surface area contributed by atoms with E-state index in [1.54, 1.807) is 36.4 Å². The Kier molecular flexibility index (Phi) is 7.72. The fourth-order valence-electron chi connectivity index (χ4n) is 3.53. The molecule has 0 bridgehead atoms. The van der Waals surface area contributed by atoms with E-state index < -0.39 is 34.2 Å². The first-order valence-electron chi connectivity index (χ1n) is 11.4. The van der Waals surface area contributed by atoms with Gasteiger partial charge in [-0.2, -0.15) is 13.2 Å². The number of anilines is 2. The Labute approximate surface area is 218 Å². The van der Waals surface area contributed by atoms with E-state index in [1.165, 1.54) is 24.3 Å². The second-order valence-electron chi connectivity index (χ2n) is 8.36. The summed E-state index contributed by atoms with van der Waals surface area (Å²) < 4.78 is 72.3. The van der Waals surface area contributed by atoms with Crippen LogP contribution >= 0.6 is 0 Å². The molecular formula is C28H23F3N2O4S. The Balaban J connectivity index is 1.59. The maximum Gasteiger partial charge on any atom is 0.416 e. The summed E-state index contributed by atoms with van der Waals surface area (Å²) in [6.45, 7) is 1.20. The largest absolute Gasteiger partial charge is 0.457 e. The van der Waals surface area contributed by atoms with E-state index >= 15 is 0 Å². The van der Waals surface area contributed by atoms with E-state index in [0.717, 1.165) is 34.1 Å². The SMILES string of the molecule is Cc1ccc(S(=O)(=O)N(CC(=O)Nc2ccc(C(F)(F)F)cc2)c2ccc(Oc3ccccc3)cc2)cc1. The minimum Gasteiger partial charge on any atom is -0.457 e. The van der Waals surface area contributed by atoms with Gasteiger partial charge in [0.25, 0.3) is 10.0 Å². The maximum absolute atomic E-state index is 13.6. The van der Waals surface area contributed by atoms with Crippen molar-refractivity contribution in [1.29, 1.82) is 0 Å². The first-order chi connectivity index (χ1) is 18.0. The van der Waals surface area contributed by atoms with Gasteiger partial charge in [-0.3, -0.25) is 9.10 Å². The predicted molar refractivity (Wildman–Crippen MR) is 139 cm³/mol. The summed E-state index contributed by atoms with van der Waals surface area (Å²) in [6, 6.07) is 25.2. The number of hydrogen-bond donors (Lipinski definition) is 1. The number of aryl methyl sites for hydroxylation is 1. The molecule has 0 saturated carbocycles. The molecule has 0 unspecified atom stereocenters. The van der Waals surface area contributed by atoms with Crippen LogP contribution < -0.4 is 14.4 Å². The minimum absolute atomic E-state index is 0.0185. The van der Waals surface area contributed by atoms with Crippen LogP contribution in [0.15, 0.2) is 108 Å². The van der Waals surface area contributed by atoms with Crippen LogP contribution in [0.25, 0.3) is 0 Å². The molecule has 0 spiro atoms. The summed E-state index contributed by atoms with van der Waals surface area (Å²) in [6.07, 6.45) is -4.52. The molecule has 4 aromatic carbocycles. The number of halogens is 3. The summed E-state index contributed by atoms with van der Waals surface area (Å²) in [5.41, 5.74) is 0.297. The number of amides is 1. The van der Waals surface area contributed by atoms with Gasteiger partial charge in [0, 0.05) is 5.69 Å². The molecular weight excluding hydrogens is 517 g/mol. The van der Waals surface area contributed by atoms with E-state index in [-0.39, 0.29) is 16.3 Å². The van der Waals surface area contributed by atoms with Gasteiger partial charge in [-0.15, -0.1) is 0 Å². The van der Waals surface area contributed by atoms with Crippen molar-refractivity contribution in [3.05, 3.63) is 114 Å². The van der Waals surface area contributed by atoms with Gasteiger partial charge in [0.2, 0.25) is 5.91 Å². The lowest BCUT2D eigenvalue weighted by atomic mass is 10.2. The predicted octanol–water partition coefficient (Wildman–Crippen LogP) is 6.64. The Bertz CT molecular complexity index is 1490. The third-order valence-corrected chi connectivity index (χ3v) is 7.28. The molecule has 1 N–H and O–H groups in total. The Morgan fingerprint density at radius 3 is 1.97 bits per heavy atom. The Hall–Kier alpha value is -4.31. The van der Waals surface area contributed by atoms with Gasteiger partial charge in [-0.1, -0.05) is 35.9 Å². The van der Waals surface area contributed by atoms with Crippen molar-refractivity contribution < 1.29 is 31.1 Å². The molecule has 10 heteroatoms. The number of ether oxygens (including phenoxy) is 1. The highest BCUT2D eigenvalue weighted by atomic mass is 32.2. The third-order valence-electron chi connectivity index (χ3n) is 5.50. The molecule has 4 aromatic rings. The molecule has 0 atom stereocenters. The van der Waals surface area contributed by atoms with Gasteiger partial charge in [0.15, 0.2) is 0 Å². The number of hydrogen-bond acceptors (Lipinski definition) is 4. The summed E-state index contributed by atoms with van der Waals surface area (Å²) >= 11 is 0. The van der Waals surface area contributed by atoms with Crippen LogP contribution in [-0.4, -0.2) is 20.9 Å². The molecule has 196 valence electrons. The molecule has 0 fully saturated rings. The van der Waals surface area contributed by atoms with Crippen LogP contribution in [0.3, 0.4) is 0 Å². The molecule has 1 amide bonds. The van der Waals surface area contributed by atoms with E-state index in [0.29, 0.717) is 11.5 Å². The van der Waals surface area contributed by atoms with E-state index in [1.807, 2.05) is 25.1 Å². The summed E-state index contributed by atoms with van der Waals surface area (Å²) in [5, 5.41) is 2.46. The number of nitrogens with one attached hydrogen (secondary N) is 1. The zero-order chi connectivity index (χ0) is 27.3. The summed E-state index contributed by atoms with van der Waals surface area (Å²) in [4.78, 5) is 12.8. The molecule has 38 heavy (non-hydrogen) atoms. The summed E-state index contributed by atoms with van der Waals surface area (Å²) in [7, 11) is -4.17. The Morgan fingerprint density at radius 2 is 1.39 bits per heavy atom.